The van der Waals surface area contributed by atoms with E-state index in [1.165, 1.54) is 4.90 Å². The van der Waals surface area contributed by atoms with Gasteiger partial charge >= 0.3 is 6.09 Å². The number of nitrogens with one attached hydrogen (secondary N) is 1. The molecule has 1 aliphatic heterocycles. The first kappa shape index (κ1) is 19.5. The van der Waals surface area contributed by atoms with Gasteiger partial charge in [0, 0.05) is 19.1 Å². The van der Waals surface area contributed by atoms with Gasteiger partial charge in [0.25, 0.3) is 0 Å². The van der Waals surface area contributed by atoms with Gasteiger partial charge in [0.15, 0.2) is 0 Å². The van der Waals surface area contributed by atoms with Gasteiger partial charge in [-0.1, -0.05) is 12.1 Å². The van der Waals surface area contributed by atoms with E-state index in [1.54, 1.807) is 52.1 Å². The van der Waals surface area contributed by atoms with Gasteiger partial charge in [0.1, 0.15) is 11.4 Å². The first-order chi connectivity index (χ1) is 11.6. The van der Waals surface area contributed by atoms with Crippen molar-refractivity contribution in [1.82, 2.24) is 9.62 Å². The van der Waals surface area contributed by atoms with Crippen LogP contribution in [0.5, 0.6) is 5.75 Å². The monoisotopic (exact) mass is 370 g/mol. The first-order valence-corrected chi connectivity index (χ1v) is 9.84. The molecule has 0 bridgehead atoms. The van der Waals surface area contributed by atoms with Crippen LogP contribution in [0.2, 0.25) is 0 Å². The molecule has 25 heavy (non-hydrogen) atoms. The minimum atomic E-state index is -3.49. The molecule has 0 spiro atoms. The number of carbonyl (C=O) groups excluding carboxylic acids is 1. The molecule has 0 aliphatic carbocycles. The van der Waals surface area contributed by atoms with Crippen LogP contribution >= 0.6 is 0 Å². The van der Waals surface area contributed by atoms with E-state index in [0.29, 0.717) is 30.8 Å². The Labute approximate surface area is 149 Å². The highest BCUT2D eigenvalue weighted by molar-refractivity contribution is 7.88. The number of rotatable bonds is 5. The molecule has 140 valence electrons. The summed E-state index contributed by atoms with van der Waals surface area (Å²) in [5.74, 6) is 0.567. The second-order valence-electron chi connectivity index (χ2n) is 7.14. The number of carbonyl (C=O) groups is 1. The molecular formula is C17H26N2O5S. The Bertz CT molecular complexity index is 695. The quantitative estimate of drug-likeness (QED) is 0.858. The Kier molecular flexibility index (Phi) is 5.95. The lowest BCUT2D eigenvalue weighted by atomic mass is 10.2. The van der Waals surface area contributed by atoms with E-state index < -0.39 is 21.7 Å². The van der Waals surface area contributed by atoms with Gasteiger partial charge in [-0.3, -0.25) is 0 Å². The summed E-state index contributed by atoms with van der Waals surface area (Å²) in [6.45, 7) is 6.20. The van der Waals surface area contributed by atoms with Crippen molar-refractivity contribution in [1.29, 1.82) is 0 Å². The maximum absolute atomic E-state index is 12.3. The Balaban J connectivity index is 1.89. The minimum Gasteiger partial charge on any atom is -0.497 e. The maximum atomic E-state index is 12.3. The largest absolute Gasteiger partial charge is 0.497 e. The van der Waals surface area contributed by atoms with Crippen molar-refractivity contribution in [2.75, 3.05) is 20.2 Å². The Hall–Kier alpha value is -1.80. The number of sulfonamides is 1. The molecule has 0 radical (unpaired) electrons. The summed E-state index contributed by atoms with van der Waals surface area (Å²) in [7, 11) is -1.93. The van der Waals surface area contributed by atoms with E-state index in [2.05, 4.69) is 4.72 Å². The normalized spacial score (nSPS) is 18.2. The van der Waals surface area contributed by atoms with E-state index in [4.69, 9.17) is 9.47 Å². The van der Waals surface area contributed by atoms with Gasteiger partial charge in [-0.15, -0.1) is 0 Å². The molecule has 1 heterocycles. The highest BCUT2D eigenvalue weighted by Crippen LogP contribution is 2.17. The molecule has 1 aliphatic rings. The van der Waals surface area contributed by atoms with Gasteiger partial charge in [-0.05, 0) is 44.9 Å². The summed E-state index contributed by atoms with van der Waals surface area (Å²) in [5.41, 5.74) is 0.110. The summed E-state index contributed by atoms with van der Waals surface area (Å²) in [4.78, 5) is 13.6. The SMILES string of the molecule is COc1ccc(CS(=O)(=O)N[C@H]2CCN(C(=O)OC(C)(C)C)C2)cc1. The van der Waals surface area contributed by atoms with Gasteiger partial charge in [0.05, 0.1) is 12.9 Å². The van der Waals surface area contributed by atoms with E-state index in [-0.39, 0.29) is 11.8 Å². The van der Waals surface area contributed by atoms with Crippen molar-refractivity contribution in [3.63, 3.8) is 0 Å². The average molecular weight is 370 g/mol. The molecule has 1 N–H and O–H groups in total. The summed E-state index contributed by atoms with van der Waals surface area (Å²) in [6.07, 6.45) is 0.158. The van der Waals surface area contributed by atoms with E-state index in [1.807, 2.05) is 0 Å². The van der Waals surface area contributed by atoms with Crippen LogP contribution in [-0.4, -0.2) is 51.3 Å². The van der Waals surface area contributed by atoms with Crippen LogP contribution in [0.15, 0.2) is 24.3 Å². The van der Waals surface area contributed by atoms with Crippen LogP contribution in [0.1, 0.15) is 32.8 Å². The van der Waals surface area contributed by atoms with Crippen molar-refractivity contribution >= 4 is 16.1 Å². The van der Waals surface area contributed by atoms with E-state index >= 15 is 0 Å². The van der Waals surface area contributed by atoms with Crippen LogP contribution < -0.4 is 9.46 Å². The molecule has 1 amide bonds. The lowest BCUT2D eigenvalue weighted by Gasteiger charge is -2.24. The zero-order valence-electron chi connectivity index (χ0n) is 15.1. The summed E-state index contributed by atoms with van der Waals surface area (Å²) >= 11 is 0. The third-order valence-corrected chi connectivity index (χ3v) is 5.11. The average Bonchev–Trinajstić information content (AvgIpc) is 2.93. The highest BCUT2D eigenvalue weighted by atomic mass is 32.2. The predicted molar refractivity (Wildman–Crippen MR) is 95.0 cm³/mol. The molecule has 1 fully saturated rings. The van der Waals surface area contributed by atoms with E-state index in [9.17, 15) is 13.2 Å². The smallest absolute Gasteiger partial charge is 0.410 e. The number of ether oxygens (including phenoxy) is 2. The fourth-order valence-corrected chi connectivity index (χ4v) is 4.00. The van der Waals surface area contributed by atoms with Gasteiger partial charge in [0.2, 0.25) is 10.0 Å². The van der Waals surface area contributed by atoms with Gasteiger partial charge < -0.3 is 14.4 Å². The zero-order chi connectivity index (χ0) is 18.7. The molecule has 8 heteroatoms. The topological polar surface area (TPSA) is 84.9 Å². The van der Waals surface area contributed by atoms with Crippen molar-refractivity contribution in [2.45, 2.75) is 44.6 Å². The zero-order valence-corrected chi connectivity index (χ0v) is 15.9. The summed E-state index contributed by atoms with van der Waals surface area (Å²) in [6, 6.07) is 6.60. The van der Waals surface area contributed by atoms with Crippen LogP contribution in [0.4, 0.5) is 4.79 Å². The van der Waals surface area contributed by atoms with Crippen LogP contribution in [0.3, 0.4) is 0 Å². The maximum Gasteiger partial charge on any atom is 0.410 e. The molecule has 7 nitrogen and oxygen atoms in total. The number of nitrogens with zero attached hydrogens (tertiary/aromatic N) is 1. The molecule has 1 saturated heterocycles. The number of hydrogen-bond donors (Lipinski definition) is 1. The van der Waals surface area contributed by atoms with Gasteiger partial charge in [-0.25, -0.2) is 17.9 Å². The van der Waals surface area contributed by atoms with Gasteiger partial charge in [-0.2, -0.15) is 0 Å². The van der Waals surface area contributed by atoms with Crippen LogP contribution in [0.25, 0.3) is 0 Å². The Morgan fingerprint density at radius 2 is 1.92 bits per heavy atom. The summed E-state index contributed by atoms with van der Waals surface area (Å²) < 4.78 is 37.7. The van der Waals surface area contributed by atoms with Crippen molar-refractivity contribution in [2.24, 2.45) is 0 Å². The number of methoxy groups -OCH3 is 1. The van der Waals surface area contributed by atoms with Crippen molar-refractivity contribution < 1.29 is 22.7 Å². The molecule has 1 aromatic rings. The standard InChI is InChI=1S/C17H26N2O5S/c1-17(2,3)24-16(20)19-10-9-14(11-19)18-25(21,22)12-13-5-7-15(23-4)8-6-13/h5-8,14,18H,9-12H2,1-4H3/t14-/m0/s1. The highest BCUT2D eigenvalue weighted by Gasteiger charge is 2.31. The van der Waals surface area contributed by atoms with Crippen molar-refractivity contribution in [3.05, 3.63) is 29.8 Å². The van der Waals surface area contributed by atoms with Crippen LogP contribution in [0, 0.1) is 0 Å². The second-order valence-corrected chi connectivity index (χ2v) is 8.89. The van der Waals surface area contributed by atoms with E-state index in [0.717, 1.165) is 0 Å². The number of likely N-dealkylation sites (tertiary alicyclic amines) is 1. The molecule has 0 unspecified atom stereocenters. The van der Waals surface area contributed by atoms with Crippen molar-refractivity contribution in [3.8, 4) is 5.75 Å². The molecule has 0 aromatic heterocycles. The number of amides is 1. The third-order valence-electron chi connectivity index (χ3n) is 3.70. The number of benzene rings is 1. The number of hydrogen-bond acceptors (Lipinski definition) is 5. The Morgan fingerprint density at radius 3 is 2.48 bits per heavy atom. The predicted octanol–water partition coefficient (Wildman–Crippen LogP) is 2.12. The Morgan fingerprint density at radius 1 is 1.28 bits per heavy atom. The second kappa shape index (κ2) is 7.61. The minimum absolute atomic E-state index is 0.111. The fraction of sp³-hybridized carbons (Fsp3) is 0.588. The molecule has 2 rings (SSSR count). The fourth-order valence-electron chi connectivity index (χ4n) is 2.59. The molecule has 1 aromatic carbocycles. The van der Waals surface area contributed by atoms with Crippen LogP contribution in [-0.2, 0) is 20.5 Å². The molecule has 1 atom stereocenters. The lowest BCUT2D eigenvalue weighted by Crippen LogP contribution is -2.40. The third kappa shape index (κ3) is 6.21. The first-order valence-electron chi connectivity index (χ1n) is 8.19. The molecular weight excluding hydrogens is 344 g/mol. The molecule has 0 saturated carbocycles. The lowest BCUT2D eigenvalue weighted by molar-refractivity contribution is 0.0292. The summed E-state index contributed by atoms with van der Waals surface area (Å²) in [5, 5.41) is 0.